The Labute approximate surface area is 89.4 Å². The molecule has 2 aromatic rings. The van der Waals surface area contributed by atoms with Crippen LogP contribution in [0.3, 0.4) is 0 Å². The van der Waals surface area contributed by atoms with Gasteiger partial charge in [-0.1, -0.05) is 18.2 Å². The largest absolute Gasteiger partial charge is 0.330 e. The summed E-state index contributed by atoms with van der Waals surface area (Å²) in [4.78, 5) is 4.55. The number of benzene rings is 1. The van der Waals surface area contributed by atoms with Crippen LogP contribution in [0.25, 0.3) is 11.0 Å². The van der Waals surface area contributed by atoms with Crippen LogP contribution in [0.4, 0.5) is 0 Å². The molecule has 78 valence electrons. The van der Waals surface area contributed by atoms with E-state index in [1.54, 1.807) is 0 Å². The lowest BCUT2D eigenvalue weighted by molar-refractivity contribution is 0.687. The van der Waals surface area contributed by atoms with E-state index in [4.69, 9.17) is 0 Å². The Morgan fingerprint density at radius 1 is 1.47 bits per heavy atom. The predicted octanol–water partition coefficient (Wildman–Crippen LogP) is 1.85. The van der Waals surface area contributed by atoms with Gasteiger partial charge in [0.25, 0.3) is 0 Å². The van der Waals surface area contributed by atoms with E-state index >= 15 is 0 Å². The molecule has 15 heavy (non-hydrogen) atoms. The van der Waals surface area contributed by atoms with Gasteiger partial charge in [0.1, 0.15) is 5.82 Å². The van der Waals surface area contributed by atoms with Crippen molar-refractivity contribution in [3.05, 3.63) is 42.7 Å². The number of imidazole rings is 1. The second kappa shape index (κ2) is 4.28. The molecule has 1 N–H and O–H groups in total. The summed E-state index contributed by atoms with van der Waals surface area (Å²) in [5, 5.41) is 3.25. The highest BCUT2D eigenvalue weighted by Gasteiger charge is 2.05. The van der Waals surface area contributed by atoms with Crippen LogP contribution in [0, 0.1) is 0 Å². The minimum absolute atomic E-state index is 0.775. The van der Waals surface area contributed by atoms with E-state index in [2.05, 4.69) is 27.5 Å². The fourth-order valence-corrected chi connectivity index (χ4v) is 1.64. The van der Waals surface area contributed by atoms with E-state index in [0.29, 0.717) is 0 Å². The smallest absolute Gasteiger partial charge is 0.123 e. The molecular formula is C12H15N3. The maximum absolute atomic E-state index is 4.55. The third-order valence-corrected chi connectivity index (χ3v) is 2.45. The Hall–Kier alpha value is -1.61. The Bertz CT molecular complexity index is 471. The number of fused-ring (bicyclic) bond motifs is 1. The number of hydrogen-bond donors (Lipinski definition) is 1. The second-order valence-electron chi connectivity index (χ2n) is 3.50. The van der Waals surface area contributed by atoms with Gasteiger partial charge < -0.3 is 9.88 Å². The Morgan fingerprint density at radius 2 is 2.27 bits per heavy atom. The van der Waals surface area contributed by atoms with Crippen LogP contribution < -0.4 is 5.32 Å². The molecule has 0 fully saturated rings. The van der Waals surface area contributed by atoms with Crippen molar-refractivity contribution in [2.75, 3.05) is 6.54 Å². The zero-order valence-corrected chi connectivity index (χ0v) is 8.90. The monoisotopic (exact) mass is 201 g/mol. The van der Waals surface area contributed by atoms with Crippen molar-refractivity contribution in [3.8, 4) is 0 Å². The number of para-hydroxylation sites is 2. The van der Waals surface area contributed by atoms with E-state index < -0.39 is 0 Å². The molecule has 0 bridgehead atoms. The highest BCUT2D eigenvalue weighted by atomic mass is 15.1. The topological polar surface area (TPSA) is 29.9 Å². The van der Waals surface area contributed by atoms with Crippen LogP contribution >= 0.6 is 0 Å². The first-order valence-corrected chi connectivity index (χ1v) is 5.05. The fraction of sp³-hybridized carbons (Fsp3) is 0.250. The van der Waals surface area contributed by atoms with Crippen molar-refractivity contribution >= 4 is 11.0 Å². The Kier molecular flexibility index (Phi) is 2.83. The SMILES string of the molecule is C=CCNCc1nc2ccccc2n1C. The Morgan fingerprint density at radius 3 is 3.00 bits per heavy atom. The van der Waals surface area contributed by atoms with Crippen LogP contribution in [0.1, 0.15) is 5.82 Å². The van der Waals surface area contributed by atoms with Crippen molar-refractivity contribution in [2.24, 2.45) is 7.05 Å². The summed E-state index contributed by atoms with van der Waals surface area (Å²) in [7, 11) is 2.04. The maximum Gasteiger partial charge on any atom is 0.123 e. The van der Waals surface area contributed by atoms with Gasteiger partial charge in [-0.3, -0.25) is 0 Å². The van der Waals surface area contributed by atoms with Gasteiger partial charge in [0.2, 0.25) is 0 Å². The van der Waals surface area contributed by atoms with E-state index in [0.717, 1.165) is 24.4 Å². The molecule has 0 aliphatic heterocycles. The second-order valence-corrected chi connectivity index (χ2v) is 3.50. The summed E-state index contributed by atoms with van der Waals surface area (Å²) in [6.45, 7) is 5.25. The van der Waals surface area contributed by atoms with Gasteiger partial charge in [-0.15, -0.1) is 6.58 Å². The first-order valence-electron chi connectivity index (χ1n) is 5.05. The van der Waals surface area contributed by atoms with Gasteiger partial charge in [0.15, 0.2) is 0 Å². The van der Waals surface area contributed by atoms with Crippen molar-refractivity contribution in [2.45, 2.75) is 6.54 Å². The van der Waals surface area contributed by atoms with Crippen LogP contribution in [-0.2, 0) is 13.6 Å². The minimum Gasteiger partial charge on any atom is -0.330 e. The molecule has 2 rings (SSSR count). The summed E-state index contributed by atoms with van der Waals surface area (Å²) in [6, 6.07) is 8.16. The number of hydrogen-bond acceptors (Lipinski definition) is 2. The van der Waals surface area contributed by atoms with Gasteiger partial charge in [-0.25, -0.2) is 4.98 Å². The molecule has 1 aromatic carbocycles. The lowest BCUT2D eigenvalue weighted by atomic mass is 10.3. The summed E-state index contributed by atoms with van der Waals surface area (Å²) in [6.07, 6.45) is 1.85. The van der Waals surface area contributed by atoms with E-state index in [1.807, 2.05) is 31.3 Å². The molecule has 0 unspecified atom stereocenters. The molecule has 3 heteroatoms. The first kappa shape index (κ1) is 9.93. The number of nitrogens with one attached hydrogen (secondary N) is 1. The standard InChI is InChI=1S/C12H15N3/c1-3-8-13-9-12-14-10-6-4-5-7-11(10)15(12)2/h3-7,13H,1,8-9H2,2H3. The number of aryl methyl sites for hydroxylation is 1. The molecule has 0 spiro atoms. The molecule has 0 aliphatic carbocycles. The highest BCUT2D eigenvalue weighted by Crippen LogP contribution is 2.13. The molecule has 1 aromatic heterocycles. The molecule has 0 amide bonds. The lowest BCUT2D eigenvalue weighted by Gasteiger charge is -2.02. The summed E-state index contributed by atoms with van der Waals surface area (Å²) in [5.41, 5.74) is 2.23. The summed E-state index contributed by atoms with van der Waals surface area (Å²) < 4.78 is 2.12. The van der Waals surface area contributed by atoms with E-state index in [9.17, 15) is 0 Å². The van der Waals surface area contributed by atoms with Crippen molar-refractivity contribution in [1.29, 1.82) is 0 Å². The van der Waals surface area contributed by atoms with Crippen molar-refractivity contribution in [1.82, 2.24) is 14.9 Å². The average molecular weight is 201 g/mol. The quantitative estimate of drug-likeness (QED) is 0.604. The van der Waals surface area contributed by atoms with Crippen LogP contribution in [0.15, 0.2) is 36.9 Å². The van der Waals surface area contributed by atoms with Crippen LogP contribution in [0.5, 0.6) is 0 Å². The molecule has 3 nitrogen and oxygen atoms in total. The Balaban J connectivity index is 2.27. The summed E-state index contributed by atoms with van der Waals surface area (Å²) >= 11 is 0. The molecule has 0 aliphatic rings. The normalized spacial score (nSPS) is 10.7. The molecule has 0 saturated carbocycles. The van der Waals surface area contributed by atoms with Crippen LogP contribution in [-0.4, -0.2) is 16.1 Å². The third kappa shape index (κ3) is 1.92. The van der Waals surface area contributed by atoms with Gasteiger partial charge in [0.05, 0.1) is 17.6 Å². The van der Waals surface area contributed by atoms with Gasteiger partial charge >= 0.3 is 0 Å². The molecular weight excluding hydrogens is 186 g/mol. The first-order chi connectivity index (χ1) is 7.33. The fourth-order valence-electron chi connectivity index (χ4n) is 1.64. The molecule has 0 saturated heterocycles. The van der Waals surface area contributed by atoms with E-state index in [-0.39, 0.29) is 0 Å². The predicted molar refractivity (Wildman–Crippen MR) is 62.6 cm³/mol. The minimum atomic E-state index is 0.775. The molecule has 1 heterocycles. The summed E-state index contributed by atoms with van der Waals surface area (Å²) in [5.74, 6) is 1.05. The highest BCUT2D eigenvalue weighted by molar-refractivity contribution is 5.75. The van der Waals surface area contributed by atoms with Crippen molar-refractivity contribution in [3.63, 3.8) is 0 Å². The molecule has 0 atom stereocenters. The lowest BCUT2D eigenvalue weighted by Crippen LogP contribution is -2.15. The maximum atomic E-state index is 4.55. The third-order valence-electron chi connectivity index (χ3n) is 2.45. The number of aromatic nitrogens is 2. The number of rotatable bonds is 4. The van der Waals surface area contributed by atoms with Crippen molar-refractivity contribution < 1.29 is 0 Å². The average Bonchev–Trinajstić information content (AvgIpc) is 2.57. The number of nitrogens with zero attached hydrogens (tertiary/aromatic N) is 2. The van der Waals surface area contributed by atoms with Crippen LogP contribution in [0.2, 0.25) is 0 Å². The zero-order chi connectivity index (χ0) is 10.7. The zero-order valence-electron chi connectivity index (χ0n) is 8.90. The molecule has 0 radical (unpaired) electrons. The van der Waals surface area contributed by atoms with Gasteiger partial charge in [-0.2, -0.15) is 0 Å². The van der Waals surface area contributed by atoms with Gasteiger partial charge in [0, 0.05) is 13.6 Å². The van der Waals surface area contributed by atoms with E-state index in [1.165, 1.54) is 5.52 Å². The van der Waals surface area contributed by atoms with Gasteiger partial charge in [-0.05, 0) is 12.1 Å².